The molecular weight excluding hydrogens is 546 g/mol. The Morgan fingerprint density at radius 1 is 0.467 bits per heavy atom. The molecule has 0 amide bonds. The first-order valence-corrected chi connectivity index (χ1v) is 15.2. The molecule has 1 N–H and O–H groups in total. The lowest BCUT2D eigenvalue weighted by Crippen LogP contribution is -1.91. The summed E-state index contributed by atoms with van der Waals surface area (Å²) in [5.41, 5.74) is 11.1. The van der Waals surface area contributed by atoms with Crippen LogP contribution in [0.2, 0.25) is 0 Å². The van der Waals surface area contributed by atoms with E-state index in [0.717, 1.165) is 39.1 Å². The molecule has 1 heterocycles. The van der Waals surface area contributed by atoms with Crippen molar-refractivity contribution in [2.75, 3.05) is 5.32 Å². The topological polar surface area (TPSA) is 25.2 Å². The lowest BCUT2D eigenvalue weighted by Gasteiger charge is -2.10. The van der Waals surface area contributed by atoms with Gasteiger partial charge in [-0.3, -0.25) is 0 Å². The Morgan fingerprint density at radius 3 is 1.80 bits per heavy atom. The lowest BCUT2D eigenvalue weighted by atomic mass is 10.00. The highest BCUT2D eigenvalue weighted by molar-refractivity contribution is 6.19. The zero-order valence-electron chi connectivity index (χ0n) is 25.2. The summed E-state index contributed by atoms with van der Waals surface area (Å²) in [6.45, 7) is 5.25. The van der Waals surface area contributed by atoms with Crippen molar-refractivity contribution >= 4 is 44.1 Å². The molecule has 0 aliphatic carbocycles. The van der Waals surface area contributed by atoms with E-state index in [0.29, 0.717) is 0 Å². The van der Waals surface area contributed by atoms with Crippen molar-refractivity contribution in [3.63, 3.8) is 0 Å². The van der Waals surface area contributed by atoms with Gasteiger partial charge in [0.2, 0.25) is 0 Å². The standard InChI is InChI=1S/C40H27NO.C3H6/c1-2-7-27(8-3-1)28-13-15-29(16-14-28)32-10-6-11-35(25-32)41-34-21-17-30(18-22-34)33-19-23-37-39(26-33)42-38-24-20-31-9-4-5-12-36(31)40(37)38;1-3-2/h1-26,41H;3H,1H2,2H3. The zero-order chi connectivity index (χ0) is 30.6. The van der Waals surface area contributed by atoms with Gasteiger partial charge in [-0.05, 0) is 93.5 Å². The van der Waals surface area contributed by atoms with Crippen molar-refractivity contribution in [2.24, 2.45) is 0 Å². The van der Waals surface area contributed by atoms with Gasteiger partial charge in [0, 0.05) is 22.1 Å². The van der Waals surface area contributed by atoms with Crippen LogP contribution in [0, 0.1) is 0 Å². The highest BCUT2D eigenvalue weighted by Crippen LogP contribution is 2.37. The smallest absolute Gasteiger partial charge is 0.136 e. The molecule has 0 atom stereocenters. The molecule has 8 rings (SSSR count). The molecule has 0 aliphatic rings. The van der Waals surface area contributed by atoms with Crippen LogP contribution in [0.25, 0.3) is 66.1 Å². The Balaban J connectivity index is 0.00000104. The molecule has 2 nitrogen and oxygen atoms in total. The summed E-state index contributed by atoms with van der Waals surface area (Å²) >= 11 is 0. The van der Waals surface area contributed by atoms with E-state index < -0.39 is 0 Å². The molecule has 2 heteroatoms. The van der Waals surface area contributed by atoms with E-state index >= 15 is 0 Å². The van der Waals surface area contributed by atoms with E-state index in [1.165, 1.54) is 38.4 Å². The van der Waals surface area contributed by atoms with E-state index in [1.54, 1.807) is 6.08 Å². The molecular formula is C43H33NO. The van der Waals surface area contributed by atoms with Crippen molar-refractivity contribution in [3.05, 3.63) is 170 Å². The second-order valence-corrected chi connectivity index (χ2v) is 11.1. The lowest BCUT2D eigenvalue weighted by molar-refractivity contribution is 0.669. The molecule has 0 fully saturated rings. The average Bonchev–Trinajstić information content (AvgIpc) is 3.48. The van der Waals surface area contributed by atoms with Gasteiger partial charge in [0.05, 0.1) is 0 Å². The van der Waals surface area contributed by atoms with Crippen LogP contribution >= 0.6 is 0 Å². The Kier molecular flexibility index (Phi) is 7.70. The van der Waals surface area contributed by atoms with Crippen molar-refractivity contribution in [1.29, 1.82) is 0 Å². The van der Waals surface area contributed by atoms with Crippen molar-refractivity contribution < 1.29 is 4.42 Å². The Labute approximate surface area is 263 Å². The van der Waals surface area contributed by atoms with Gasteiger partial charge in [-0.1, -0.05) is 121 Å². The quantitative estimate of drug-likeness (QED) is 0.205. The molecule has 216 valence electrons. The van der Waals surface area contributed by atoms with Gasteiger partial charge < -0.3 is 9.73 Å². The summed E-state index contributed by atoms with van der Waals surface area (Å²) in [5.74, 6) is 0. The van der Waals surface area contributed by atoms with E-state index in [1.807, 2.05) is 13.0 Å². The van der Waals surface area contributed by atoms with Gasteiger partial charge in [-0.25, -0.2) is 0 Å². The summed E-state index contributed by atoms with van der Waals surface area (Å²) in [4.78, 5) is 0. The van der Waals surface area contributed by atoms with Gasteiger partial charge in [-0.15, -0.1) is 6.58 Å². The van der Waals surface area contributed by atoms with Crippen LogP contribution in [-0.2, 0) is 0 Å². The van der Waals surface area contributed by atoms with Crippen LogP contribution in [-0.4, -0.2) is 0 Å². The van der Waals surface area contributed by atoms with Crippen LogP contribution in [0.1, 0.15) is 6.92 Å². The zero-order valence-corrected chi connectivity index (χ0v) is 25.2. The normalized spacial score (nSPS) is 10.9. The predicted octanol–water partition coefficient (Wildman–Crippen LogP) is 12.7. The van der Waals surface area contributed by atoms with Crippen LogP contribution in [0.3, 0.4) is 0 Å². The maximum absolute atomic E-state index is 6.29. The van der Waals surface area contributed by atoms with Gasteiger partial charge in [0.15, 0.2) is 0 Å². The molecule has 0 saturated carbocycles. The van der Waals surface area contributed by atoms with Crippen LogP contribution in [0.5, 0.6) is 0 Å². The molecule has 1 aromatic heterocycles. The highest BCUT2D eigenvalue weighted by Gasteiger charge is 2.11. The third-order valence-corrected chi connectivity index (χ3v) is 8.06. The second-order valence-electron chi connectivity index (χ2n) is 11.1. The van der Waals surface area contributed by atoms with Gasteiger partial charge >= 0.3 is 0 Å². The van der Waals surface area contributed by atoms with Gasteiger partial charge in [-0.2, -0.15) is 0 Å². The summed E-state index contributed by atoms with van der Waals surface area (Å²) in [6.07, 6.45) is 1.75. The maximum atomic E-state index is 6.29. The van der Waals surface area contributed by atoms with Gasteiger partial charge in [0.1, 0.15) is 11.2 Å². The van der Waals surface area contributed by atoms with Gasteiger partial charge in [0.25, 0.3) is 0 Å². The highest BCUT2D eigenvalue weighted by atomic mass is 16.3. The molecule has 7 aromatic carbocycles. The molecule has 0 unspecified atom stereocenters. The molecule has 45 heavy (non-hydrogen) atoms. The van der Waals surface area contributed by atoms with E-state index in [2.05, 4.69) is 164 Å². The van der Waals surface area contributed by atoms with Crippen LogP contribution in [0.4, 0.5) is 11.4 Å². The van der Waals surface area contributed by atoms with Crippen LogP contribution < -0.4 is 5.32 Å². The Bertz CT molecular complexity index is 2240. The number of hydrogen-bond acceptors (Lipinski definition) is 2. The Hall–Kier alpha value is -5.86. The second kappa shape index (κ2) is 12.4. The number of furan rings is 1. The minimum Gasteiger partial charge on any atom is -0.456 e. The number of benzene rings is 7. The summed E-state index contributed by atoms with van der Waals surface area (Å²) in [6, 6.07) is 55.6. The number of rotatable bonds is 5. The first-order valence-electron chi connectivity index (χ1n) is 15.2. The average molecular weight is 580 g/mol. The maximum Gasteiger partial charge on any atom is 0.136 e. The predicted molar refractivity (Wildman–Crippen MR) is 193 cm³/mol. The number of hydrogen-bond donors (Lipinski definition) is 1. The SMILES string of the molecule is C=CC.c1ccc(-c2ccc(-c3cccc(Nc4ccc(-c5ccc6c(c5)oc5ccc7ccccc7c56)cc4)c3)cc2)cc1. The number of nitrogens with one attached hydrogen (secondary N) is 1. The minimum absolute atomic E-state index is 0.912. The third kappa shape index (κ3) is 5.74. The monoisotopic (exact) mass is 579 g/mol. The van der Waals surface area contributed by atoms with E-state index in [-0.39, 0.29) is 0 Å². The first kappa shape index (κ1) is 27.9. The summed E-state index contributed by atoms with van der Waals surface area (Å²) in [5, 5.41) is 8.37. The Morgan fingerprint density at radius 2 is 1.04 bits per heavy atom. The van der Waals surface area contributed by atoms with Crippen LogP contribution in [0.15, 0.2) is 175 Å². The number of allylic oxidation sites excluding steroid dienone is 1. The third-order valence-electron chi connectivity index (χ3n) is 8.06. The molecule has 8 aromatic rings. The largest absolute Gasteiger partial charge is 0.456 e. The molecule has 0 saturated heterocycles. The van der Waals surface area contributed by atoms with E-state index in [9.17, 15) is 0 Å². The first-order chi connectivity index (χ1) is 22.2. The van der Waals surface area contributed by atoms with Crippen molar-refractivity contribution in [2.45, 2.75) is 6.92 Å². The molecule has 0 aliphatic heterocycles. The van der Waals surface area contributed by atoms with E-state index in [4.69, 9.17) is 4.42 Å². The van der Waals surface area contributed by atoms with Crippen molar-refractivity contribution in [1.82, 2.24) is 0 Å². The molecule has 0 bridgehead atoms. The fourth-order valence-corrected chi connectivity index (χ4v) is 5.90. The van der Waals surface area contributed by atoms with Crippen molar-refractivity contribution in [3.8, 4) is 33.4 Å². The number of anilines is 2. The molecule has 0 radical (unpaired) electrons. The molecule has 0 spiro atoms. The summed E-state index contributed by atoms with van der Waals surface area (Å²) in [7, 11) is 0. The fourth-order valence-electron chi connectivity index (χ4n) is 5.90. The minimum atomic E-state index is 0.912. The fraction of sp³-hybridized carbons (Fsp3) is 0.0233. The summed E-state index contributed by atoms with van der Waals surface area (Å²) < 4.78 is 6.29. The number of fused-ring (bicyclic) bond motifs is 5.